The molecule has 0 spiro atoms. The Morgan fingerprint density at radius 3 is 2.35 bits per heavy atom. The number of fused-ring (bicyclic) bond motifs is 1. The first-order valence-corrected chi connectivity index (χ1v) is 12.2. The molecule has 1 aliphatic heterocycles. The first-order valence-electron chi connectivity index (χ1n) is 11.9. The number of amides is 2. The number of carbonyl (C=O) groups is 2. The van der Waals surface area contributed by atoms with Crippen LogP contribution in [0.4, 0.5) is 30.7 Å². The quantitative estimate of drug-likeness (QED) is 0.496. The number of alkyl halides is 6. The zero-order valence-electron chi connectivity index (χ0n) is 20.7. The van der Waals surface area contributed by atoms with E-state index in [2.05, 4.69) is 10.5 Å². The molecule has 2 aliphatic rings. The van der Waals surface area contributed by atoms with Gasteiger partial charge in [-0.15, -0.1) is 0 Å². The average molecular weight is 592 g/mol. The van der Waals surface area contributed by atoms with Crippen molar-refractivity contribution in [2.45, 2.75) is 44.1 Å². The van der Waals surface area contributed by atoms with Crippen molar-refractivity contribution in [3.05, 3.63) is 67.8 Å². The van der Waals surface area contributed by atoms with E-state index in [1.807, 2.05) is 0 Å². The Balaban J connectivity index is 1.63. The number of hydrogen-bond donors (Lipinski definition) is 2. The smallest absolute Gasteiger partial charge is 0.374 e. The lowest BCUT2D eigenvalue weighted by molar-refractivity contribution is -0.275. The molecule has 2 aromatic carbocycles. The topological polar surface area (TPSA) is 79.8 Å². The van der Waals surface area contributed by atoms with E-state index >= 15 is 0 Å². The molecule has 0 radical (unpaired) electrons. The lowest BCUT2D eigenvalue weighted by Gasteiger charge is -2.30. The molecule has 2 N–H and O–H groups in total. The molecule has 0 fully saturated rings. The summed E-state index contributed by atoms with van der Waals surface area (Å²) in [7, 11) is 0. The van der Waals surface area contributed by atoms with Crippen LogP contribution in [0, 0.1) is 12.7 Å². The number of nitrogens with one attached hydrogen (secondary N) is 2. The third kappa shape index (κ3) is 5.79. The van der Waals surface area contributed by atoms with E-state index in [-0.39, 0.29) is 22.4 Å². The molecule has 2 amide bonds. The standard InChI is InChI=1S/C26H21ClF7N3O3/c1-13-8-14(9-19(27)22(13)28)24(26(32,33)34)10-20(37-40-24)17-6-7-18(16-5-3-2-4-15(16)17)23(39)35-11-21(38)36-12-25(29,30)31/h4-9H,2-3,10-12H2,1H3,(H,35,39)(H,36,38). The zero-order chi connectivity index (χ0) is 29.5. The molecule has 6 nitrogen and oxygen atoms in total. The Kier molecular flexibility index (Phi) is 7.90. The van der Waals surface area contributed by atoms with Crippen LogP contribution in [-0.4, -0.2) is 43.0 Å². The van der Waals surface area contributed by atoms with Gasteiger partial charge in [0.2, 0.25) is 5.91 Å². The molecule has 4 rings (SSSR count). The predicted molar refractivity (Wildman–Crippen MR) is 131 cm³/mol. The second kappa shape index (κ2) is 10.8. The largest absolute Gasteiger partial charge is 0.435 e. The van der Waals surface area contributed by atoms with E-state index in [0.717, 1.165) is 12.1 Å². The van der Waals surface area contributed by atoms with Gasteiger partial charge in [0.25, 0.3) is 11.5 Å². The third-order valence-electron chi connectivity index (χ3n) is 6.46. The Morgan fingerprint density at radius 1 is 1.05 bits per heavy atom. The number of aryl methyl sites for hydroxylation is 1. The molecular formula is C26H21ClF7N3O3. The molecule has 1 unspecified atom stereocenters. The summed E-state index contributed by atoms with van der Waals surface area (Å²) >= 11 is 5.83. The van der Waals surface area contributed by atoms with Gasteiger partial charge in [0.1, 0.15) is 12.4 Å². The highest BCUT2D eigenvalue weighted by Crippen LogP contribution is 2.49. The maximum atomic E-state index is 14.4. The van der Waals surface area contributed by atoms with Crippen molar-refractivity contribution in [1.82, 2.24) is 10.6 Å². The summed E-state index contributed by atoms with van der Waals surface area (Å²) in [5.41, 5.74) is -3.20. The number of oxime groups is 1. The second-order valence-electron chi connectivity index (χ2n) is 9.27. The van der Waals surface area contributed by atoms with Crippen molar-refractivity contribution < 1.29 is 45.2 Å². The predicted octanol–water partition coefficient (Wildman–Crippen LogP) is 4.13. The summed E-state index contributed by atoms with van der Waals surface area (Å²) in [4.78, 5) is 29.5. The molecule has 1 aliphatic carbocycles. The fraction of sp³-hybridized carbons (Fsp3) is 0.346. The molecule has 2 aromatic rings. The van der Waals surface area contributed by atoms with Crippen LogP contribution in [0.25, 0.3) is 12.2 Å². The second-order valence-corrected chi connectivity index (χ2v) is 9.68. The van der Waals surface area contributed by atoms with Gasteiger partial charge in [0, 0.05) is 23.1 Å². The molecular weight excluding hydrogens is 571 g/mol. The van der Waals surface area contributed by atoms with E-state index in [0.29, 0.717) is 23.3 Å². The van der Waals surface area contributed by atoms with Crippen molar-refractivity contribution in [1.29, 1.82) is 0 Å². The number of hydrogen-bond acceptors (Lipinski definition) is 4. The highest BCUT2D eigenvalue weighted by atomic mass is 35.5. The highest BCUT2D eigenvalue weighted by molar-refractivity contribution is 6.30. The molecule has 1 atom stereocenters. The number of nitrogens with zero attached hydrogens (tertiary/aromatic N) is 1. The third-order valence-corrected chi connectivity index (χ3v) is 6.74. The minimum atomic E-state index is -4.96. The van der Waals surface area contributed by atoms with Crippen LogP contribution in [-0.2, 0) is 15.2 Å². The first-order chi connectivity index (χ1) is 18.6. The highest BCUT2D eigenvalue weighted by Gasteiger charge is 2.62. The average Bonchev–Trinajstić information content (AvgIpc) is 3.35. The van der Waals surface area contributed by atoms with Crippen molar-refractivity contribution in [3.63, 3.8) is 0 Å². The fourth-order valence-electron chi connectivity index (χ4n) is 4.51. The molecule has 0 saturated carbocycles. The summed E-state index contributed by atoms with van der Waals surface area (Å²) in [6, 6.07) is 4.55. The van der Waals surface area contributed by atoms with Gasteiger partial charge in [-0.2, -0.15) is 26.3 Å². The maximum absolute atomic E-state index is 14.4. The van der Waals surface area contributed by atoms with Crippen molar-refractivity contribution in [3.8, 4) is 0 Å². The van der Waals surface area contributed by atoms with Crippen LogP contribution in [0.3, 0.4) is 0 Å². The van der Waals surface area contributed by atoms with Gasteiger partial charge in [-0.1, -0.05) is 35.0 Å². The van der Waals surface area contributed by atoms with Crippen LogP contribution >= 0.6 is 11.6 Å². The number of carbonyl (C=O) groups excluding carboxylic acids is 2. The van der Waals surface area contributed by atoms with Gasteiger partial charge in [-0.25, -0.2) is 4.39 Å². The van der Waals surface area contributed by atoms with E-state index in [1.54, 1.807) is 17.5 Å². The Bertz CT molecular complexity index is 1500. The minimum Gasteiger partial charge on any atom is -0.374 e. The minimum absolute atomic E-state index is 0.0702. The molecule has 14 heteroatoms. The van der Waals surface area contributed by atoms with Crippen LogP contribution in [0.2, 0.25) is 5.02 Å². The lowest BCUT2D eigenvalue weighted by atomic mass is 9.84. The van der Waals surface area contributed by atoms with Gasteiger partial charge in [-0.05, 0) is 54.0 Å². The maximum Gasteiger partial charge on any atom is 0.435 e. The number of benzene rings is 2. The van der Waals surface area contributed by atoms with E-state index < -0.39 is 65.7 Å². The SMILES string of the molecule is Cc1cc(C2(C(F)(F)F)CC(c3ccc(C(=O)NCC(=O)NCC(F)(F)F)c4c3=CCCC=4)=NO2)cc(Cl)c1F. The van der Waals surface area contributed by atoms with Gasteiger partial charge >= 0.3 is 12.4 Å². The molecule has 1 heterocycles. The summed E-state index contributed by atoms with van der Waals surface area (Å²) < 4.78 is 94.2. The first kappa shape index (κ1) is 29.4. The van der Waals surface area contributed by atoms with Gasteiger partial charge < -0.3 is 15.5 Å². The van der Waals surface area contributed by atoms with Crippen molar-refractivity contribution >= 4 is 41.3 Å². The van der Waals surface area contributed by atoms with Gasteiger partial charge in [0.15, 0.2) is 0 Å². The summed E-state index contributed by atoms with van der Waals surface area (Å²) in [6.07, 6.45) is -5.92. The monoisotopic (exact) mass is 591 g/mol. The molecule has 0 saturated heterocycles. The molecule has 0 bridgehead atoms. The summed E-state index contributed by atoms with van der Waals surface area (Å²) in [6.45, 7) is -0.998. The number of rotatable bonds is 6. The Labute approximate surface area is 227 Å². The Hall–Kier alpha value is -3.61. The van der Waals surface area contributed by atoms with Crippen LogP contribution < -0.4 is 21.1 Å². The summed E-state index contributed by atoms with van der Waals surface area (Å²) in [5, 5.41) is 7.91. The summed E-state index contributed by atoms with van der Waals surface area (Å²) in [5.74, 6) is -2.67. The van der Waals surface area contributed by atoms with Gasteiger partial charge in [0.05, 0.1) is 17.3 Å². The molecule has 40 heavy (non-hydrogen) atoms. The van der Waals surface area contributed by atoms with E-state index in [9.17, 15) is 40.3 Å². The van der Waals surface area contributed by atoms with Gasteiger partial charge in [-0.3, -0.25) is 9.59 Å². The fourth-order valence-corrected chi connectivity index (χ4v) is 4.77. The van der Waals surface area contributed by atoms with Crippen LogP contribution in [0.15, 0.2) is 29.4 Å². The normalized spacial score (nSPS) is 18.6. The van der Waals surface area contributed by atoms with E-state index in [1.165, 1.54) is 19.1 Å². The number of halogens is 8. The van der Waals surface area contributed by atoms with Crippen molar-refractivity contribution in [2.24, 2.45) is 5.16 Å². The van der Waals surface area contributed by atoms with Crippen LogP contribution in [0.5, 0.6) is 0 Å². The van der Waals surface area contributed by atoms with Crippen LogP contribution in [0.1, 0.15) is 46.3 Å². The Morgan fingerprint density at radius 2 is 1.73 bits per heavy atom. The molecule has 0 aromatic heterocycles. The lowest BCUT2D eigenvalue weighted by Crippen LogP contribution is -2.45. The van der Waals surface area contributed by atoms with E-state index in [4.69, 9.17) is 16.4 Å². The zero-order valence-corrected chi connectivity index (χ0v) is 21.5. The molecule has 214 valence electrons. The van der Waals surface area contributed by atoms with Crippen molar-refractivity contribution in [2.75, 3.05) is 13.1 Å².